The van der Waals surface area contributed by atoms with E-state index < -0.39 is 0 Å². The first kappa shape index (κ1) is 17.3. The third-order valence-electron chi connectivity index (χ3n) is 4.38. The molecule has 4 rings (SSSR count). The monoisotopic (exact) mass is 388 g/mol. The van der Waals surface area contributed by atoms with Crippen molar-refractivity contribution in [3.63, 3.8) is 0 Å². The van der Waals surface area contributed by atoms with E-state index in [0.717, 1.165) is 36.9 Å². The highest BCUT2D eigenvalue weighted by Crippen LogP contribution is 2.16. The minimum Gasteiger partial charge on any atom is -0.414 e. The largest absolute Gasteiger partial charge is 0.414 e. The Morgan fingerprint density at radius 1 is 1.19 bits per heavy atom. The number of anilines is 1. The summed E-state index contributed by atoms with van der Waals surface area (Å²) in [6.07, 6.45) is 4.25. The van der Waals surface area contributed by atoms with Crippen molar-refractivity contribution >= 4 is 29.2 Å². The fraction of sp³-hybridized carbons (Fsp3) is 0.412. The molecule has 1 aliphatic rings. The minimum atomic E-state index is 0.420. The molecule has 0 amide bonds. The van der Waals surface area contributed by atoms with Crippen LogP contribution in [0.15, 0.2) is 34.3 Å². The molecular weight excluding hydrogens is 368 g/mol. The van der Waals surface area contributed by atoms with Crippen LogP contribution in [0.3, 0.4) is 0 Å². The van der Waals surface area contributed by atoms with Gasteiger partial charge in [0.25, 0.3) is 4.84 Å². The van der Waals surface area contributed by atoms with Gasteiger partial charge >= 0.3 is 0 Å². The normalized spacial score (nSPS) is 15.5. The van der Waals surface area contributed by atoms with E-state index in [1.165, 1.54) is 5.69 Å². The van der Waals surface area contributed by atoms with Crippen molar-refractivity contribution in [2.45, 2.75) is 20.0 Å². The molecule has 0 aliphatic carbocycles. The van der Waals surface area contributed by atoms with Gasteiger partial charge in [0, 0.05) is 49.6 Å². The average Bonchev–Trinajstić information content (AvgIpc) is 3.22. The van der Waals surface area contributed by atoms with Crippen LogP contribution in [-0.4, -0.2) is 50.8 Å². The number of hydrogen-bond donors (Lipinski definition) is 0. The zero-order chi connectivity index (χ0) is 17.9. The maximum atomic E-state index is 5.65. The van der Waals surface area contributed by atoms with E-state index in [4.69, 9.17) is 16.6 Å². The fourth-order valence-electron chi connectivity index (χ4n) is 3.05. The van der Waals surface area contributed by atoms with Gasteiger partial charge in [0.2, 0.25) is 5.89 Å². The molecule has 0 atom stereocenters. The molecule has 0 bridgehead atoms. The molecular formula is C17H20N6OS2. The summed E-state index contributed by atoms with van der Waals surface area (Å²) >= 11 is 6.97. The molecule has 9 heteroatoms. The predicted octanol–water partition coefficient (Wildman–Crippen LogP) is 2.74. The predicted molar refractivity (Wildman–Crippen MR) is 103 cm³/mol. The third-order valence-corrected chi connectivity index (χ3v) is 5.50. The Bertz CT molecular complexity index is 911. The Labute approximate surface area is 160 Å². The maximum Gasteiger partial charge on any atom is 0.288 e. The number of thiazole rings is 1. The second kappa shape index (κ2) is 7.65. The third kappa shape index (κ3) is 4.00. The Morgan fingerprint density at radius 3 is 2.65 bits per heavy atom. The van der Waals surface area contributed by atoms with E-state index >= 15 is 0 Å². The minimum absolute atomic E-state index is 0.420. The lowest BCUT2D eigenvalue weighted by molar-refractivity contribution is 0.192. The van der Waals surface area contributed by atoms with Crippen molar-refractivity contribution in [2.75, 3.05) is 31.1 Å². The SMILES string of the molecule is Cc1nc(Cc2nn(CN3CCN(c4ccncc4)CC3)c(=S)o2)cs1. The van der Waals surface area contributed by atoms with E-state index in [0.29, 0.717) is 23.8 Å². The zero-order valence-corrected chi connectivity index (χ0v) is 16.2. The Balaban J connectivity index is 1.35. The molecule has 0 unspecified atom stereocenters. The van der Waals surface area contributed by atoms with Gasteiger partial charge in [-0.2, -0.15) is 0 Å². The lowest BCUT2D eigenvalue weighted by Gasteiger charge is -2.35. The van der Waals surface area contributed by atoms with Gasteiger partial charge < -0.3 is 9.32 Å². The molecule has 1 fully saturated rings. The van der Waals surface area contributed by atoms with Crippen molar-refractivity contribution in [2.24, 2.45) is 0 Å². The van der Waals surface area contributed by atoms with Crippen molar-refractivity contribution in [1.29, 1.82) is 0 Å². The summed E-state index contributed by atoms with van der Waals surface area (Å²) < 4.78 is 7.42. The summed E-state index contributed by atoms with van der Waals surface area (Å²) in [6.45, 7) is 6.51. The molecule has 26 heavy (non-hydrogen) atoms. The van der Waals surface area contributed by atoms with Crippen molar-refractivity contribution in [1.82, 2.24) is 24.6 Å². The number of rotatable bonds is 5. The molecule has 1 saturated heterocycles. The summed E-state index contributed by atoms with van der Waals surface area (Å²) in [4.78, 5) is 13.7. The van der Waals surface area contributed by atoms with Gasteiger partial charge in [-0.05, 0) is 31.3 Å². The van der Waals surface area contributed by atoms with Crippen LogP contribution in [0.5, 0.6) is 0 Å². The molecule has 0 spiro atoms. The highest BCUT2D eigenvalue weighted by molar-refractivity contribution is 7.71. The Hall–Kier alpha value is -2.10. The number of hydrogen-bond acceptors (Lipinski definition) is 8. The van der Waals surface area contributed by atoms with E-state index in [1.54, 1.807) is 16.0 Å². The lowest BCUT2D eigenvalue weighted by Crippen LogP contribution is -2.46. The maximum absolute atomic E-state index is 5.65. The standard InChI is InChI=1S/C17H20N6OS2/c1-13-19-14(11-26-13)10-16-20-23(17(25)24-16)12-21-6-8-22(9-7-21)15-2-4-18-5-3-15/h2-5,11H,6-10,12H2,1H3. The van der Waals surface area contributed by atoms with E-state index in [1.807, 2.05) is 24.7 Å². The van der Waals surface area contributed by atoms with Gasteiger partial charge in [-0.3, -0.25) is 9.88 Å². The molecule has 136 valence electrons. The lowest BCUT2D eigenvalue weighted by atomic mass is 10.3. The molecule has 0 saturated carbocycles. The average molecular weight is 389 g/mol. The van der Waals surface area contributed by atoms with E-state index in [9.17, 15) is 0 Å². The molecule has 4 heterocycles. The van der Waals surface area contributed by atoms with Gasteiger partial charge in [-0.15, -0.1) is 16.4 Å². The number of piperazine rings is 1. The highest BCUT2D eigenvalue weighted by atomic mass is 32.1. The van der Waals surface area contributed by atoms with Gasteiger partial charge in [0.15, 0.2) is 0 Å². The first-order chi connectivity index (χ1) is 12.7. The van der Waals surface area contributed by atoms with Crippen molar-refractivity contribution < 1.29 is 4.42 Å². The van der Waals surface area contributed by atoms with Gasteiger partial charge in [0.05, 0.1) is 23.8 Å². The van der Waals surface area contributed by atoms with Gasteiger partial charge in [-0.25, -0.2) is 9.67 Å². The van der Waals surface area contributed by atoms with Crippen LogP contribution < -0.4 is 4.90 Å². The summed E-state index contributed by atoms with van der Waals surface area (Å²) in [5.41, 5.74) is 2.19. The van der Waals surface area contributed by atoms with Crippen LogP contribution in [-0.2, 0) is 13.1 Å². The van der Waals surface area contributed by atoms with Crippen LogP contribution in [0.25, 0.3) is 0 Å². The molecule has 7 nitrogen and oxygen atoms in total. The van der Waals surface area contributed by atoms with Crippen molar-refractivity contribution in [3.05, 3.63) is 51.3 Å². The number of nitrogens with zero attached hydrogens (tertiary/aromatic N) is 6. The van der Waals surface area contributed by atoms with E-state index in [-0.39, 0.29) is 0 Å². The fourth-order valence-corrected chi connectivity index (χ4v) is 3.85. The first-order valence-corrected chi connectivity index (χ1v) is 9.81. The second-order valence-corrected chi connectivity index (χ2v) is 7.66. The summed E-state index contributed by atoms with van der Waals surface area (Å²) in [7, 11) is 0. The van der Waals surface area contributed by atoms with Crippen LogP contribution in [0.1, 0.15) is 16.6 Å². The highest BCUT2D eigenvalue weighted by Gasteiger charge is 2.18. The van der Waals surface area contributed by atoms with E-state index in [2.05, 4.69) is 37.0 Å². The number of pyridine rings is 1. The molecule has 0 radical (unpaired) electrons. The first-order valence-electron chi connectivity index (χ1n) is 8.52. The summed E-state index contributed by atoms with van der Waals surface area (Å²) in [6, 6.07) is 4.10. The van der Waals surface area contributed by atoms with Crippen LogP contribution in [0.2, 0.25) is 0 Å². The molecule has 3 aromatic rings. The number of aromatic nitrogens is 4. The van der Waals surface area contributed by atoms with Crippen LogP contribution in [0.4, 0.5) is 5.69 Å². The topological polar surface area (TPSA) is 63.2 Å². The molecule has 0 aromatic carbocycles. The molecule has 0 N–H and O–H groups in total. The van der Waals surface area contributed by atoms with Crippen LogP contribution >= 0.6 is 23.6 Å². The number of aryl methyl sites for hydroxylation is 1. The zero-order valence-electron chi connectivity index (χ0n) is 14.5. The van der Waals surface area contributed by atoms with Crippen LogP contribution in [0, 0.1) is 11.8 Å². The quantitative estimate of drug-likeness (QED) is 0.623. The van der Waals surface area contributed by atoms with Crippen molar-refractivity contribution in [3.8, 4) is 0 Å². The van der Waals surface area contributed by atoms with Gasteiger partial charge in [-0.1, -0.05) is 0 Å². The smallest absolute Gasteiger partial charge is 0.288 e. The summed E-state index contributed by atoms with van der Waals surface area (Å²) in [5, 5.41) is 7.61. The Kier molecular flexibility index (Phi) is 5.09. The second-order valence-electron chi connectivity index (χ2n) is 6.25. The summed E-state index contributed by atoms with van der Waals surface area (Å²) in [5.74, 6) is 0.621. The molecule has 1 aliphatic heterocycles. The Morgan fingerprint density at radius 2 is 1.96 bits per heavy atom. The van der Waals surface area contributed by atoms with Gasteiger partial charge in [0.1, 0.15) is 0 Å². The molecule has 3 aromatic heterocycles.